The van der Waals surface area contributed by atoms with Gasteiger partial charge in [-0.3, -0.25) is 9.59 Å². The predicted molar refractivity (Wildman–Crippen MR) is 75.3 cm³/mol. The van der Waals surface area contributed by atoms with Crippen LogP contribution in [0.3, 0.4) is 0 Å². The molecule has 0 radical (unpaired) electrons. The highest BCUT2D eigenvalue weighted by atomic mass is 16.6. The third-order valence-electron chi connectivity index (χ3n) is 3.68. The summed E-state index contributed by atoms with van der Waals surface area (Å²) < 4.78 is 4.56. The molecule has 116 valence electrons. The molecule has 2 rings (SSSR count). The van der Waals surface area contributed by atoms with Crippen molar-refractivity contribution in [3.05, 3.63) is 11.4 Å². The standard InChI is InChI=1S/C14H22N4O3/c1-9-11(17-21-16-9)6-12(19)15-7-10-5-13(20)18(8-10)14(2,3)4/h10H,5-8H2,1-4H3,(H,15,19). The van der Waals surface area contributed by atoms with Gasteiger partial charge in [0.25, 0.3) is 0 Å². The van der Waals surface area contributed by atoms with E-state index < -0.39 is 0 Å². The van der Waals surface area contributed by atoms with E-state index in [0.29, 0.717) is 30.9 Å². The zero-order chi connectivity index (χ0) is 15.6. The van der Waals surface area contributed by atoms with Crippen LogP contribution in [0.15, 0.2) is 4.63 Å². The second-order valence-corrected chi connectivity index (χ2v) is 6.52. The maximum atomic E-state index is 12.0. The molecule has 1 saturated heterocycles. The van der Waals surface area contributed by atoms with E-state index in [2.05, 4.69) is 20.3 Å². The number of hydrogen-bond donors (Lipinski definition) is 1. The van der Waals surface area contributed by atoms with Crippen molar-refractivity contribution in [2.24, 2.45) is 5.92 Å². The molecule has 0 aliphatic carbocycles. The number of amides is 2. The molecule has 1 aromatic heterocycles. The second kappa shape index (κ2) is 5.83. The Morgan fingerprint density at radius 3 is 2.67 bits per heavy atom. The van der Waals surface area contributed by atoms with Gasteiger partial charge in [-0.1, -0.05) is 10.3 Å². The van der Waals surface area contributed by atoms with Gasteiger partial charge in [0, 0.05) is 31.0 Å². The van der Waals surface area contributed by atoms with Crippen LogP contribution in [0.5, 0.6) is 0 Å². The summed E-state index contributed by atoms with van der Waals surface area (Å²) >= 11 is 0. The lowest BCUT2D eigenvalue weighted by Gasteiger charge is -2.32. The first-order chi connectivity index (χ1) is 9.77. The summed E-state index contributed by atoms with van der Waals surface area (Å²) in [5.41, 5.74) is 1.01. The number of nitrogens with zero attached hydrogens (tertiary/aromatic N) is 3. The number of carbonyl (C=O) groups excluding carboxylic acids is 2. The molecular weight excluding hydrogens is 272 g/mol. The Kier molecular flexibility index (Phi) is 4.29. The first kappa shape index (κ1) is 15.5. The summed E-state index contributed by atoms with van der Waals surface area (Å²) in [7, 11) is 0. The van der Waals surface area contributed by atoms with Gasteiger partial charge in [0.15, 0.2) is 0 Å². The largest absolute Gasteiger partial charge is 0.355 e. The minimum atomic E-state index is -0.167. The minimum absolute atomic E-state index is 0.129. The molecule has 1 N–H and O–H groups in total. The molecule has 7 nitrogen and oxygen atoms in total. The lowest BCUT2D eigenvalue weighted by molar-refractivity contribution is -0.131. The Morgan fingerprint density at radius 2 is 2.14 bits per heavy atom. The Morgan fingerprint density at radius 1 is 1.43 bits per heavy atom. The van der Waals surface area contributed by atoms with E-state index in [1.165, 1.54) is 0 Å². The molecule has 1 aromatic rings. The van der Waals surface area contributed by atoms with E-state index in [-0.39, 0.29) is 29.7 Å². The summed E-state index contributed by atoms with van der Waals surface area (Å²) in [6.07, 6.45) is 0.640. The average Bonchev–Trinajstić information content (AvgIpc) is 2.93. The summed E-state index contributed by atoms with van der Waals surface area (Å²) in [5.74, 6) is 0.186. The molecule has 0 saturated carbocycles. The third-order valence-corrected chi connectivity index (χ3v) is 3.68. The van der Waals surface area contributed by atoms with E-state index in [4.69, 9.17) is 0 Å². The summed E-state index contributed by atoms with van der Waals surface area (Å²) in [6.45, 7) is 9.00. The van der Waals surface area contributed by atoms with Gasteiger partial charge in [0.05, 0.1) is 6.42 Å². The highest BCUT2D eigenvalue weighted by Crippen LogP contribution is 2.25. The van der Waals surface area contributed by atoms with Crippen molar-refractivity contribution in [2.45, 2.75) is 46.1 Å². The summed E-state index contributed by atoms with van der Waals surface area (Å²) in [5, 5.41) is 10.2. The quantitative estimate of drug-likeness (QED) is 0.882. The molecule has 1 fully saturated rings. The lowest BCUT2D eigenvalue weighted by atomic mass is 10.1. The van der Waals surface area contributed by atoms with Gasteiger partial charge in [-0.15, -0.1) is 0 Å². The highest BCUT2D eigenvalue weighted by molar-refractivity contribution is 5.80. The number of rotatable bonds is 4. The monoisotopic (exact) mass is 294 g/mol. The lowest BCUT2D eigenvalue weighted by Crippen LogP contribution is -2.42. The van der Waals surface area contributed by atoms with Gasteiger partial charge in [-0.05, 0) is 27.7 Å². The molecule has 0 spiro atoms. The third kappa shape index (κ3) is 3.80. The highest BCUT2D eigenvalue weighted by Gasteiger charge is 2.36. The number of aromatic nitrogens is 2. The zero-order valence-corrected chi connectivity index (χ0v) is 13.0. The van der Waals surface area contributed by atoms with Gasteiger partial charge in [0.1, 0.15) is 11.4 Å². The van der Waals surface area contributed by atoms with Crippen LogP contribution < -0.4 is 5.32 Å². The molecule has 1 aliphatic rings. The van der Waals surface area contributed by atoms with Crippen molar-refractivity contribution < 1.29 is 14.2 Å². The first-order valence-corrected chi connectivity index (χ1v) is 7.12. The molecular formula is C14H22N4O3. The SMILES string of the molecule is Cc1nonc1CC(=O)NCC1CC(=O)N(C(C)(C)C)C1. The maximum Gasteiger partial charge on any atom is 0.226 e. The van der Waals surface area contributed by atoms with Crippen LogP contribution in [0.25, 0.3) is 0 Å². The number of carbonyl (C=O) groups is 2. The van der Waals surface area contributed by atoms with E-state index >= 15 is 0 Å². The van der Waals surface area contributed by atoms with Crippen LogP contribution in [0.2, 0.25) is 0 Å². The molecule has 2 amide bonds. The number of hydrogen-bond acceptors (Lipinski definition) is 5. The first-order valence-electron chi connectivity index (χ1n) is 7.12. The fourth-order valence-corrected chi connectivity index (χ4v) is 2.45. The molecule has 0 bridgehead atoms. The fraction of sp³-hybridized carbons (Fsp3) is 0.714. The molecule has 2 heterocycles. The number of nitrogens with one attached hydrogen (secondary N) is 1. The smallest absolute Gasteiger partial charge is 0.226 e. The van der Waals surface area contributed by atoms with E-state index in [1.807, 2.05) is 25.7 Å². The van der Waals surface area contributed by atoms with Crippen molar-refractivity contribution in [3.8, 4) is 0 Å². The fourth-order valence-electron chi connectivity index (χ4n) is 2.45. The molecule has 7 heteroatoms. The van der Waals surface area contributed by atoms with Gasteiger partial charge in [-0.2, -0.15) is 0 Å². The molecule has 1 aliphatic heterocycles. The van der Waals surface area contributed by atoms with Gasteiger partial charge in [-0.25, -0.2) is 4.63 Å². The van der Waals surface area contributed by atoms with Gasteiger partial charge in [0.2, 0.25) is 11.8 Å². The van der Waals surface area contributed by atoms with E-state index in [9.17, 15) is 9.59 Å². The Balaban J connectivity index is 1.80. The number of likely N-dealkylation sites (tertiary alicyclic amines) is 1. The van der Waals surface area contributed by atoms with Gasteiger partial charge >= 0.3 is 0 Å². The Labute approximate surface area is 124 Å². The van der Waals surface area contributed by atoms with Crippen LogP contribution in [0, 0.1) is 12.8 Å². The van der Waals surface area contributed by atoms with E-state index in [0.717, 1.165) is 0 Å². The zero-order valence-electron chi connectivity index (χ0n) is 13.0. The van der Waals surface area contributed by atoms with Crippen LogP contribution in [-0.2, 0) is 16.0 Å². The molecule has 1 unspecified atom stereocenters. The van der Waals surface area contributed by atoms with Crippen molar-refractivity contribution >= 4 is 11.8 Å². The van der Waals surface area contributed by atoms with Gasteiger partial charge < -0.3 is 10.2 Å². The molecule has 0 aromatic carbocycles. The van der Waals surface area contributed by atoms with Crippen LogP contribution in [0.1, 0.15) is 38.6 Å². The van der Waals surface area contributed by atoms with E-state index in [1.54, 1.807) is 6.92 Å². The predicted octanol–water partition coefficient (Wildman–Crippen LogP) is 0.684. The van der Waals surface area contributed by atoms with Crippen LogP contribution in [0.4, 0.5) is 0 Å². The Bertz CT molecular complexity index is 533. The van der Waals surface area contributed by atoms with Crippen molar-refractivity contribution in [2.75, 3.05) is 13.1 Å². The average molecular weight is 294 g/mol. The molecule has 21 heavy (non-hydrogen) atoms. The van der Waals surface area contributed by atoms with Crippen LogP contribution in [-0.4, -0.2) is 45.7 Å². The topological polar surface area (TPSA) is 88.3 Å². The van der Waals surface area contributed by atoms with Crippen molar-refractivity contribution in [1.82, 2.24) is 20.5 Å². The van der Waals surface area contributed by atoms with Crippen molar-refractivity contribution in [1.29, 1.82) is 0 Å². The number of aryl methyl sites for hydroxylation is 1. The van der Waals surface area contributed by atoms with Crippen LogP contribution >= 0.6 is 0 Å². The molecule has 1 atom stereocenters. The van der Waals surface area contributed by atoms with Crippen molar-refractivity contribution in [3.63, 3.8) is 0 Å². The minimum Gasteiger partial charge on any atom is -0.355 e. The second-order valence-electron chi connectivity index (χ2n) is 6.52. The summed E-state index contributed by atoms with van der Waals surface area (Å²) in [6, 6.07) is 0. The Hall–Kier alpha value is -1.92. The normalized spacial score (nSPS) is 19.1. The summed E-state index contributed by atoms with van der Waals surface area (Å²) in [4.78, 5) is 25.7. The maximum absolute atomic E-state index is 12.0.